The molecule has 0 spiro atoms. The van der Waals surface area contributed by atoms with E-state index in [4.69, 9.17) is 24.3 Å². The third-order valence-corrected chi connectivity index (χ3v) is 15.7. The molecule has 2 unspecified atom stereocenters. The molecule has 2 atom stereocenters. The summed E-state index contributed by atoms with van der Waals surface area (Å²) in [5, 5.41) is 0. The van der Waals surface area contributed by atoms with Gasteiger partial charge in [-0.1, -0.05) is 328 Å². The number of carbonyl (C=O) groups is 2. The zero-order valence-electron chi connectivity index (χ0n) is 48.2. The van der Waals surface area contributed by atoms with Gasteiger partial charge in [-0.25, -0.2) is 4.57 Å². The Hall–Kier alpha value is -0.990. The number of hydrogen-bond acceptors (Lipinski definition) is 8. The number of carbonyl (C=O) groups excluding carboxylic acids is 2. The minimum Gasteiger partial charge on any atom is -0.462 e. The van der Waals surface area contributed by atoms with Gasteiger partial charge in [0.25, 0.3) is 0 Å². The zero-order chi connectivity index (χ0) is 52.4. The highest BCUT2D eigenvalue weighted by molar-refractivity contribution is 7.47. The standard InChI is InChI=1S/C62H124NO8P/c1-3-5-7-9-11-13-15-17-19-21-23-25-27-29-30-31-33-35-37-39-41-43-45-47-49-51-53-55-62(65)71-60(59-70-72(66,67)69-57-56-63)58-68-61(64)54-52-50-48-46-44-42-40-38-36-34-32-28-26-24-22-20-18-16-14-12-10-8-6-4-2/h60H,3-59,63H2,1-2H3,(H,66,67). The summed E-state index contributed by atoms with van der Waals surface area (Å²) in [4.78, 5) is 35.3. The van der Waals surface area contributed by atoms with Gasteiger partial charge in [0.15, 0.2) is 6.10 Å². The second kappa shape index (κ2) is 59.3. The number of esters is 2. The van der Waals surface area contributed by atoms with Crippen LogP contribution in [-0.4, -0.2) is 49.3 Å². The van der Waals surface area contributed by atoms with Gasteiger partial charge in [-0.05, 0) is 12.8 Å². The van der Waals surface area contributed by atoms with Crippen molar-refractivity contribution in [3.63, 3.8) is 0 Å². The molecule has 0 bridgehead atoms. The summed E-state index contributed by atoms with van der Waals surface area (Å²) in [6.45, 7) is 3.84. The van der Waals surface area contributed by atoms with Gasteiger partial charge in [0.2, 0.25) is 0 Å². The molecule has 0 heterocycles. The minimum atomic E-state index is -4.38. The highest BCUT2D eigenvalue weighted by atomic mass is 31.2. The van der Waals surface area contributed by atoms with Crippen molar-refractivity contribution in [3.05, 3.63) is 0 Å². The molecule has 430 valence electrons. The van der Waals surface area contributed by atoms with E-state index in [1.807, 2.05) is 0 Å². The van der Waals surface area contributed by atoms with Crippen LogP contribution in [0.4, 0.5) is 0 Å². The normalized spacial score (nSPS) is 12.9. The predicted octanol–water partition coefficient (Wildman–Crippen LogP) is 20.2. The van der Waals surface area contributed by atoms with E-state index in [1.165, 1.54) is 289 Å². The molecule has 0 aromatic rings. The number of phosphoric ester groups is 1. The third-order valence-electron chi connectivity index (χ3n) is 14.7. The molecular formula is C62H124NO8P. The van der Waals surface area contributed by atoms with Crippen molar-refractivity contribution in [1.82, 2.24) is 0 Å². The highest BCUT2D eigenvalue weighted by Gasteiger charge is 2.26. The van der Waals surface area contributed by atoms with Crippen LogP contribution in [0.25, 0.3) is 0 Å². The van der Waals surface area contributed by atoms with Crippen molar-refractivity contribution >= 4 is 19.8 Å². The smallest absolute Gasteiger partial charge is 0.462 e. The van der Waals surface area contributed by atoms with Crippen molar-refractivity contribution in [2.24, 2.45) is 5.73 Å². The maximum absolute atomic E-state index is 12.7. The summed E-state index contributed by atoms with van der Waals surface area (Å²) in [6, 6.07) is 0. The zero-order valence-corrected chi connectivity index (χ0v) is 49.1. The van der Waals surface area contributed by atoms with Crippen LogP contribution in [0.1, 0.15) is 354 Å². The number of nitrogens with two attached hydrogens (primary N) is 1. The minimum absolute atomic E-state index is 0.0587. The Morgan fingerprint density at radius 2 is 0.597 bits per heavy atom. The van der Waals surface area contributed by atoms with E-state index in [1.54, 1.807) is 0 Å². The summed E-state index contributed by atoms with van der Waals surface area (Å²) in [7, 11) is -4.38. The van der Waals surface area contributed by atoms with Gasteiger partial charge in [-0.15, -0.1) is 0 Å². The molecule has 0 aromatic carbocycles. The lowest BCUT2D eigenvalue weighted by atomic mass is 10.0. The maximum atomic E-state index is 12.7. The fraction of sp³-hybridized carbons (Fsp3) is 0.968. The lowest BCUT2D eigenvalue weighted by Crippen LogP contribution is -2.29. The molecule has 9 nitrogen and oxygen atoms in total. The van der Waals surface area contributed by atoms with Crippen molar-refractivity contribution in [2.75, 3.05) is 26.4 Å². The number of rotatable bonds is 62. The van der Waals surface area contributed by atoms with Crippen LogP contribution in [0.2, 0.25) is 0 Å². The van der Waals surface area contributed by atoms with E-state index in [0.717, 1.165) is 32.1 Å². The predicted molar refractivity (Wildman–Crippen MR) is 308 cm³/mol. The Balaban J connectivity index is 3.85. The molecule has 0 saturated heterocycles. The van der Waals surface area contributed by atoms with Crippen molar-refractivity contribution in [1.29, 1.82) is 0 Å². The summed E-state index contributed by atoms with van der Waals surface area (Å²) in [5.41, 5.74) is 5.39. The average Bonchev–Trinajstić information content (AvgIpc) is 3.37. The van der Waals surface area contributed by atoms with E-state index < -0.39 is 26.5 Å². The van der Waals surface area contributed by atoms with Crippen LogP contribution in [-0.2, 0) is 32.7 Å². The molecule has 0 aromatic heterocycles. The van der Waals surface area contributed by atoms with Gasteiger partial charge in [-0.3, -0.25) is 18.6 Å². The quantitative estimate of drug-likeness (QED) is 0.0347. The summed E-state index contributed by atoms with van der Waals surface area (Å²) in [6.07, 6.45) is 67.5. The van der Waals surface area contributed by atoms with Crippen molar-refractivity contribution in [3.8, 4) is 0 Å². The van der Waals surface area contributed by atoms with Gasteiger partial charge < -0.3 is 20.1 Å². The largest absolute Gasteiger partial charge is 0.472 e. The Morgan fingerprint density at radius 3 is 0.847 bits per heavy atom. The fourth-order valence-corrected chi connectivity index (χ4v) is 10.8. The molecule has 0 aliphatic rings. The van der Waals surface area contributed by atoms with Crippen LogP contribution in [0, 0.1) is 0 Å². The molecule has 3 N–H and O–H groups in total. The summed E-state index contributed by atoms with van der Waals surface area (Å²) in [5.74, 6) is -0.799. The number of phosphoric acid groups is 1. The molecule has 0 radical (unpaired) electrons. The molecule has 0 saturated carbocycles. The van der Waals surface area contributed by atoms with E-state index in [0.29, 0.717) is 12.8 Å². The second-order valence-corrected chi connectivity index (χ2v) is 23.5. The van der Waals surface area contributed by atoms with Gasteiger partial charge in [-0.2, -0.15) is 0 Å². The average molecular weight is 1040 g/mol. The summed E-state index contributed by atoms with van der Waals surface area (Å²) >= 11 is 0. The third kappa shape index (κ3) is 58.3. The number of ether oxygens (including phenoxy) is 2. The van der Waals surface area contributed by atoms with Gasteiger partial charge in [0.05, 0.1) is 13.2 Å². The molecule has 0 fully saturated rings. The van der Waals surface area contributed by atoms with Crippen molar-refractivity contribution < 1.29 is 37.6 Å². The Bertz CT molecular complexity index is 1140. The van der Waals surface area contributed by atoms with Crippen LogP contribution in [0.3, 0.4) is 0 Å². The van der Waals surface area contributed by atoms with E-state index >= 15 is 0 Å². The first-order chi connectivity index (χ1) is 35.3. The Labute approximate surface area is 447 Å². The van der Waals surface area contributed by atoms with E-state index in [-0.39, 0.29) is 32.1 Å². The second-order valence-electron chi connectivity index (χ2n) is 22.0. The van der Waals surface area contributed by atoms with Crippen LogP contribution < -0.4 is 5.73 Å². The SMILES string of the molecule is CCCCCCCCCCCCCCCCCCCCCCCCCCCCCC(=O)OC(COC(=O)CCCCCCCCCCCCCCCCCCCCCCCCCC)COP(=O)(O)OCCN. The molecule has 0 rings (SSSR count). The summed E-state index contributed by atoms with van der Waals surface area (Å²) < 4.78 is 33.1. The molecule has 72 heavy (non-hydrogen) atoms. The first-order valence-corrected chi connectivity index (χ1v) is 33.5. The first-order valence-electron chi connectivity index (χ1n) is 32.0. The molecule has 0 amide bonds. The lowest BCUT2D eigenvalue weighted by Gasteiger charge is -2.19. The monoisotopic (exact) mass is 1040 g/mol. The Kier molecular flexibility index (Phi) is 58.4. The van der Waals surface area contributed by atoms with Crippen LogP contribution in [0.15, 0.2) is 0 Å². The topological polar surface area (TPSA) is 134 Å². The first kappa shape index (κ1) is 71.0. The molecular weight excluding hydrogens is 918 g/mol. The number of hydrogen-bond donors (Lipinski definition) is 2. The number of unbranched alkanes of at least 4 members (excludes halogenated alkanes) is 49. The maximum Gasteiger partial charge on any atom is 0.472 e. The molecule has 0 aliphatic carbocycles. The van der Waals surface area contributed by atoms with Crippen LogP contribution in [0.5, 0.6) is 0 Å². The lowest BCUT2D eigenvalue weighted by molar-refractivity contribution is -0.161. The van der Waals surface area contributed by atoms with Gasteiger partial charge >= 0.3 is 19.8 Å². The van der Waals surface area contributed by atoms with E-state index in [2.05, 4.69) is 13.8 Å². The van der Waals surface area contributed by atoms with E-state index in [9.17, 15) is 19.0 Å². The van der Waals surface area contributed by atoms with Crippen LogP contribution >= 0.6 is 7.82 Å². The highest BCUT2D eigenvalue weighted by Crippen LogP contribution is 2.43. The van der Waals surface area contributed by atoms with Crippen molar-refractivity contribution in [2.45, 2.75) is 360 Å². The van der Waals surface area contributed by atoms with Gasteiger partial charge in [0.1, 0.15) is 6.61 Å². The molecule has 0 aliphatic heterocycles. The fourth-order valence-electron chi connectivity index (χ4n) is 10.00. The Morgan fingerprint density at radius 1 is 0.361 bits per heavy atom. The van der Waals surface area contributed by atoms with Gasteiger partial charge in [0, 0.05) is 19.4 Å². The molecule has 10 heteroatoms.